The van der Waals surface area contributed by atoms with Gasteiger partial charge in [0.2, 0.25) is 0 Å². The van der Waals surface area contributed by atoms with E-state index in [0.29, 0.717) is 5.56 Å². The zero-order chi connectivity index (χ0) is 12.1. The van der Waals surface area contributed by atoms with Crippen molar-refractivity contribution in [2.24, 2.45) is 0 Å². The molecule has 1 amide bonds. The minimum Gasteiger partial charge on any atom is -0.344 e. The maximum atomic E-state index is 11.9. The van der Waals surface area contributed by atoms with E-state index >= 15 is 0 Å². The Labute approximate surface area is 101 Å². The van der Waals surface area contributed by atoms with Gasteiger partial charge < -0.3 is 5.32 Å². The molecule has 1 N–H and O–H groups in total. The van der Waals surface area contributed by atoms with Crippen molar-refractivity contribution in [3.8, 4) is 0 Å². The third-order valence-electron chi connectivity index (χ3n) is 2.51. The number of carbonyl (C=O) groups excluding carboxylic acids is 1. The predicted octanol–water partition coefficient (Wildman–Crippen LogP) is 2.57. The largest absolute Gasteiger partial charge is 0.344 e. The van der Waals surface area contributed by atoms with Crippen molar-refractivity contribution in [2.75, 3.05) is 0 Å². The monoisotopic (exact) mass is 226 g/mol. The van der Waals surface area contributed by atoms with E-state index in [-0.39, 0.29) is 11.9 Å². The van der Waals surface area contributed by atoms with Gasteiger partial charge in [0.1, 0.15) is 0 Å². The minimum absolute atomic E-state index is 0.0799. The van der Waals surface area contributed by atoms with Crippen LogP contribution in [0.5, 0.6) is 0 Å². The number of pyridine rings is 1. The van der Waals surface area contributed by atoms with Gasteiger partial charge in [-0.1, -0.05) is 24.3 Å². The first-order valence-electron chi connectivity index (χ1n) is 5.54. The summed E-state index contributed by atoms with van der Waals surface area (Å²) in [5.41, 5.74) is 1.52. The normalized spacial score (nSPS) is 11.8. The second kappa shape index (κ2) is 5.25. The Hall–Kier alpha value is -2.16. The number of aromatic nitrogens is 1. The quantitative estimate of drug-likeness (QED) is 0.874. The first kappa shape index (κ1) is 11.3. The molecule has 0 bridgehead atoms. The summed E-state index contributed by atoms with van der Waals surface area (Å²) in [6.45, 7) is 1.92. The van der Waals surface area contributed by atoms with E-state index in [0.717, 1.165) is 5.69 Å². The van der Waals surface area contributed by atoms with Crippen LogP contribution in [0.2, 0.25) is 0 Å². The highest BCUT2D eigenvalue weighted by Crippen LogP contribution is 2.09. The summed E-state index contributed by atoms with van der Waals surface area (Å²) in [4.78, 5) is 16.1. The van der Waals surface area contributed by atoms with Crippen molar-refractivity contribution in [3.05, 3.63) is 66.0 Å². The van der Waals surface area contributed by atoms with E-state index in [4.69, 9.17) is 0 Å². The van der Waals surface area contributed by atoms with Gasteiger partial charge in [-0.2, -0.15) is 0 Å². The molecule has 0 aliphatic carbocycles. The molecule has 3 nitrogen and oxygen atoms in total. The number of hydrogen-bond donors (Lipinski definition) is 1. The van der Waals surface area contributed by atoms with E-state index in [1.165, 1.54) is 0 Å². The molecule has 1 aromatic heterocycles. The van der Waals surface area contributed by atoms with Crippen LogP contribution >= 0.6 is 0 Å². The summed E-state index contributed by atoms with van der Waals surface area (Å²) in [7, 11) is 0. The number of rotatable bonds is 3. The molecule has 1 aromatic carbocycles. The molecule has 0 radical (unpaired) electrons. The number of benzene rings is 1. The zero-order valence-corrected chi connectivity index (χ0v) is 9.63. The second-order valence-electron chi connectivity index (χ2n) is 3.82. The van der Waals surface area contributed by atoms with Crippen LogP contribution in [0.3, 0.4) is 0 Å². The maximum Gasteiger partial charge on any atom is 0.251 e. The predicted molar refractivity (Wildman–Crippen MR) is 66.6 cm³/mol. The molecule has 0 spiro atoms. The fourth-order valence-corrected chi connectivity index (χ4v) is 1.58. The average molecular weight is 226 g/mol. The van der Waals surface area contributed by atoms with E-state index in [1.54, 1.807) is 18.3 Å². The first-order valence-corrected chi connectivity index (χ1v) is 5.54. The Morgan fingerprint density at radius 2 is 1.82 bits per heavy atom. The lowest BCUT2D eigenvalue weighted by Crippen LogP contribution is -2.27. The Kier molecular flexibility index (Phi) is 3.50. The van der Waals surface area contributed by atoms with Gasteiger partial charge in [-0.3, -0.25) is 9.78 Å². The molecular formula is C14H14N2O. The highest BCUT2D eigenvalue weighted by Gasteiger charge is 2.11. The van der Waals surface area contributed by atoms with Crippen LogP contribution in [0.25, 0.3) is 0 Å². The van der Waals surface area contributed by atoms with E-state index in [2.05, 4.69) is 10.3 Å². The van der Waals surface area contributed by atoms with Gasteiger partial charge in [-0.15, -0.1) is 0 Å². The molecule has 1 unspecified atom stereocenters. The second-order valence-corrected chi connectivity index (χ2v) is 3.82. The number of nitrogens with one attached hydrogen (secondary N) is 1. The summed E-state index contributed by atoms with van der Waals surface area (Å²) >= 11 is 0. The van der Waals surface area contributed by atoms with Crippen LogP contribution in [0.1, 0.15) is 29.0 Å². The Balaban J connectivity index is 2.05. The third kappa shape index (κ3) is 2.91. The lowest BCUT2D eigenvalue weighted by atomic mass is 10.1. The van der Waals surface area contributed by atoms with E-state index < -0.39 is 0 Å². The summed E-state index contributed by atoms with van der Waals surface area (Å²) in [6, 6.07) is 14.7. The number of carbonyl (C=O) groups is 1. The molecule has 0 fully saturated rings. The van der Waals surface area contributed by atoms with Crippen molar-refractivity contribution < 1.29 is 4.79 Å². The summed E-state index contributed by atoms with van der Waals surface area (Å²) in [5, 5.41) is 2.91. The highest BCUT2D eigenvalue weighted by molar-refractivity contribution is 5.94. The minimum atomic E-state index is -0.0936. The molecule has 86 valence electrons. The lowest BCUT2D eigenvalue weighted by molar-refractivity contribution is 0.0939. The van der Waals surface area contributed by atoms with Gasteiger partial charge in [0, 0.05) is 11.8 Å². The molecule has 17 heavy (non-hydrogen) atoms. The van der Waals surface area contributed by atoms with Crippen molar-refractivity contribution >= 4 is 5.91 Å². The average Bonchev–Trinajstić information content (AvgIpc) is 2.40. The third-order valence-corrected chi connectivity index (χ3v) is 2.51. The molecule has 0 aliphatic rings. The lowest BCUT2D eigenvalue weighted by Gasteiger charge is -2.13. The topological polar surface area (TPSA) is 42.0 Å². The van der Waals surface area contributed by atoms with Gasteiger partial charge in [-0.25, -0.2) is 0 Å². The van der Waals surface area contributed by atoms with Crippen LogP contribution in [0.4, 0.5) is 0 Å². The number of amides is 1. The fraction of sp³-hybridized carbons (Fsp3) is 0.143. The van der Waals surface area contributed by atoms with Gasteiger partial charge in [0.25, 0.3) is 5.91 Å². The number of nitrogens with zero attached hydrogens (tertiary/aromatic N) is 1. The first-order chi connectivity index (χ1) is 8.27. The van der Waals surface area contributed by atoms with Crippen LogP contribution in [-0.4, -0.2) is 10.9 Å². The molecule has 0 aliphatic heterocycles. The molecule has 2 rings (SSSR count). The molecule has 1 atom stereocenters. The van der Waals surface area contributed by atoms with Crippen LogP contribution < -0.4 is 5.32 Å². The summed E-state index contributed by atoms with van der Waals surface area (Å²) in [6.07, 6.45) is 1.72. The summed E-state index contributed by atoms with van der Waals surface area (Å²) < 4.78 is 0. The van der Waals surface area contributed by atoms with Crippen LogP contribution in [0.15, 0.2) is 54.7 Å². The van der Waals surface area contributed by atoms with E-state index in [9.17, 15) is 4.79 Å². The van der Waals surface area contributed by atoms with Gasteiger partial charge >= 0.3 is 0 Å². The Morgan fingerprint density at radius 3 is 2.47 bits per heavy atom. The molecule has 0 saturated carbocycles. The smallest absolute Gasteiger partial charge is 0.251 e. The molecule has 1 heterocycles. The van der Waals surface area contributed by atoms with Gasteiger partial charge in [0.05, 0.1) is 11.7 Å². The van der Waals surface area contributed by atoms with Crippen molar-refractivity contribution in [2.45, 2.75) is 13.0 Å². The standard InChI is InChI=1S/C14H14N2O/c1-11(13-9-5-6-10-15-13)16-14(17)12-7-3-2-4-8-12/h2-11H,1H3,(H,16,17). The van der Waals surface area contributed by atoms with Gasteiger partial charge in [-0.05, 0) is 31.2 Å². The van der Waals surface area contributed by atoms with E-state index in [1.807, 2.05) is 43.3 Å². The van der Waals surface area contributed by atoms with Crippen molar-refractivity contribution in [1.82, 2.24) is 10.3 Å². The SMILES string of the molecule is CC(NC(=O)c1ccccc1)c1ccccn1. The fourth-order valence-electron chi connectivity index (χ4n) is 1.58. The molecular weight excluding hydrogens is 212 g/mol. The summed E-state index contributed by atoms with van der Waals surface area (Å²) in [5.74, 6) is -0.0799. The van der Waals surface area contributed by atoms with Crippen LogP contribution in [0, 0.1) is 0 Å². The Morgan fingerprint density at radius 1 is 1.12 bits per heavy atom. The highest BCUT2D eigenvalue weighted by atomic mass is 16.1. The Bertz CT molecular complexity index is 482. The maximum absolute atomic E-state index is 11.9. The van der Waals surface area contributed by atoms with Crippen molar-refractivity contribution in [1.29, 1.82) is 0 Å². The molecule has 2 aromatic rings. The molecule has 3 heteroatoms. The number of hydrogen-bond acceptors (Lipinski definition) is 2. The van der Waals surface area contributed by atoms with Crippen LogP contribution in [-0.2, 0) is 0 Å². The zero-order valence-electron chi connectivity index (χ0n) is 9.63. The molecule has 0 saturated heterocycles. The van der Waals surface area contributed by atoms with Crippen molar-refractivity contribution in [3.63, 3.8) is 0 Å². The van der Waals surface area contributed by atoms with Gasteiger partial charge in [0.15, 0.2) is 0 Å².